The van der Waals surface area contributed by atoms with Crippen molar-refractivity contribution in [2.45, 2.75) is 45.0 Å². The van der Waals surface area contributed by atoms with Gasteiger partial charge in [0.1, 0.15) is 0 Å². The molecule has 18 heavy (non-hydrogen) atoms. The van der Waals surface area contributed by atoms with Crippen molar-refractivity contribution in [1.29, 1.82) is 0 Å². The molecule has 0 spiro atoms. The van der Waals surface area contributed by atoms with Crippen LogP contribution < -0.4 is 5.32 Å². The first kappa shape index (κ1) is 15.2. The van der Waals surface area contributed by atoms with Crippen molar-refractivity contribution in [3.63, 3.8) is 0 Å². The minimum Gasteiger partial charge on any atom is -0.311 e. The Balaban J connectivity index is 2.46. The molecule has 0 bridgehead atoms. The maximum Gasteiger partial charge on any atom is 0.153 e. The van der Waals surface area contributed by atoms with E-state index in [0.29, 0.717) is 13.1 Å². The molecule has 0 fully saturated rings. The van der Waals surface area contributed by atoms with Gasteiger partial charge in [0.15, 0.2) is 9.84 Å². The standard InChI is InChI=1S/C12H23N3O2S/c1-5-6-15-9-11(8-14-15)7-13-10-12(2,3)18(4,16)17/h8-9,13H,5-7,10H2,1-4H3. The van der Waals surface area contributed by atoms with Gasteiger partial charge in [0, 0.05) is 37.7 Å². The molecule has 0 amide bonds. The van der Waals surface area contributed by atoms with Gasteiger partial charge in [-0.3, -0.25) is 4.68 Å². The largest absolute Gasteiger partial charge is 0.311 e. The average Bonchev–Trinajstić information content (AvgIpc) is 2.64. The summed E-state index contributed by atoms with van der Waals surface area (Å²) >= 11 is 0. The summed E-state index contributed by atoms with van der Waals surface area (Å²) in [6.45, 7) is 7.56. The number of aromatic nitrogens is 2. The lowest BCUT2D eigenvalue weighted by atomic mass is 10.2. The highest BCUT2D eigenvalue weighted by atomic mass is 32.2. The number of nitrogens with zero attached hydrogens (tertiary/aromatic N) is 2. The molecule has 104 valence electrons. The molecule has 1 N–H and O–H groups in total. The number of hydrogen-bond acceptors (Lipinski definition) is 4. The highest BCUT2D eigenvalue weighted by Crippen LogP contribution is 2.13. The van der Waals surface area contributed by atoms with Crippen molar-refractivity contribution in [1.82, 2.24) is 15.1 Å². The molecule has 1 aromatic rings. The molecule has 1 aromatic heterocycles. The van der Waals surface area contributed by atoms with E-state index in [-0.39, 0.29) is 0 Å². The van der Waals surface area contributed by atoms with E-state index in [4.69, 9.17) is 0 Å². The molecule has 0 saturated heterocycles. The van der Waals surface area contributed by atoms with Crippen LogP contribution in [0.15, 0.2) is 12.4 Å². The third-order valence-electron chi connectivity index (χ3n) is 3.02. The highest BCUT2D eigenvalue weighted by molar-refractivity contribution is 7.92. The van der Waals surface area contributed by atoms with Crippen LogP contribution in [0.2, 0.25) is 0 Å². The Morgan fingerprint density at radius 1 is 1.44 bits per heavy atom. The van der Waals surface area contributed by atoms with Crippen molar-refractivity contribution >= 4 is 9.84 Å². The van der Waals surface area contributed by atoms with Crippen molar-refractivity contribution in [3.05, 3.63) is 18.0 Å². The van der Waals surface area contributed by atoms with Crippen molar-refractivity contribution in [2.75, 3.05) is 12.8 Å². The second-order valence-corrected chi connectivity index (χ2v) is 7.90. The predicted octanol–water partition coefficient (Wildman–Crippen LogP) is 1.21. The molecule has 0 aliphatic carbocycles. The maximum absolute atomic E-state index is 11.5. The number of aryl methyl sites for hydroxylation is 1. The highest BCUT2D eigenvalue weighted by Gasteiger charge is 2.29. The molecular formula is C12H23N3O2S. The average molecular weight is 273 g/mol. The van der Waals surface area contributed by atoms with Crippen LogP contribution in [-0.4, -0.2) is 35.7 Å². The molecular weight excluding hydrogens is 250 g/mol. The zero-order chi connectivity index (χ0) is 13.8. The first-order chi connectivity index (χ1) is 8.26. The number of nitrogens with one attached hydrogen (secondary N) is 1. The topological polar surface area (TPSA) is 64.0 Å². The van der Waals surface area contributed by atoms with Gasteiger partial charge in [-0.15, -0.1) is 0 Å². The molecule has 0 aliphatic heterocycles. The van der Waals surface area contributed by atoms with E-state index in [1.807, 2.05) is 17.1 Å². The van der Waals surface area contributed by atoms with Gasteiger partial charge in [-0.1, -0.05) is 6.92 Å². The first-order valence-electron chi connectivity index (χ1n) is 6.18. The van der Waals surface area contributed by atoms with Gasteiger partial charge >= 0.3 is 0 Å². The van der Waals surface area contributed by atoms with Gasteiger partial charge in [-0.05, 0) is 20.3 Å². The lowest BCUT2D eigenvalue weighted by Gasteiger charge is -2.22. The monoisotopic (exact) mass is 273 g/mol. The molecule has 5 nitrogen and oxygen atoms in total. The number of hydrogen-bond donors (Lipinski definition) is 1. The first-order valence-corrected chi connectivity index (χ1v) is 8.07. The lowest BCUT2D eigenvalue weighted by molar-refractivity contribution is 0.521. The Bertz CT molecular complexity index is 477. The minimum absolute atomic E-state index is 0.435. The van der Waals surface area contributed by atoms with Crippen LogP contribution >= 0.6 is 0 Å². The zero-order valence-corrected chi connectivity index (χ0v) is 12.4. The fraction of sp³-hybridized carbons (Fsp3) is 0.750. The molecule has 0 unspecified atom stereocenters. The van der Waals surface area contributed by atoms with Crippen LogP contribution in [0.1, 0.15) is 32.8 Å². The summed E-state index contributed by atoms with van der Waals surface area (Å²) in [6, 6.07) is 0. The second-order valence-electron chi connectivity index (χ2n) is 5.25. The molecule has 1 heterocycles. The van der Waals surface area contributed by atoms with E-state index in [9.17, 15) is 8.42 Å². The Kier molecular flexibility index (Phi) is 4.92. The van der Waals surface area contributed by atoms with E-state index in [0.717, 1.165) is 18.5 Å². The molecule has 0 atom stereocenters. The summed E-state index contributed by atoms with van der Waals surface area (Å²) in [5.41, 5.74) is 1.08. The lowest BCUT2D eigenvalue weighted by Crippen LogP contribution is -2.41. The van der Waals surface area contributed by atoms with Crippen molar-refractivity contribution in [3.8, 4) is 0 Å². The summed E-state index contributed by atoms with van der Waals surface area (Å²) in [5, 5.41) is 7.40. The quantitative estimate of drug-likeness (QED) is 0.811. The van der Waals surface area contributed by atoms with Gasteiger partial charge in [0.05, 0.1) is 10.9 Å². The van der Waals surface area contributed by atoms with Crippen LogP contribution in [0.3, 0.4) is 0 Å². The number of rotatable bonds is 7. The van der Waals surface area contributed by atoms with E-state index >= 15 is 0 Å². The number of sulfone groups is 1. The SMILES string of the molecule is CCCn1cc(CNCC(C)(C)S(C)(=O)=O)cn1. The van der Waals surface area contributed by atoms with Crippen LogP contribution in [0.25, 0.3) is 0 Å². The van der Waals surface area contributed by atoms with E-state index in [2.05, 4.69) is 17.3 Å². The van der Waals surface area contributed by atoms with Crippen LogP contribution in [0.5, 0.6) is 0 Å². The Hall–Kier alpha value is -0.880. The van der Waals surface area contributed by atoms with Gasteiger partial charge in [0.2, 0.25) is 0 Å². The van der Waals surface area contributed by atoms with E-state index in [1.54, 1.807) is 13.8 Å². The molecule has 0 radical (unpaired) electrons. The fourth-order valence-corrected chi connectivity index (χ4v) is 1.85. The van der Waals surface area contributed by atoms with Gasteiger partial charge in [-0.2, -0.15) is 5.10 Å². The molecule has 6 heteroatoms. The van der Waals surface area contributed by atoms with E-state index in [1.165, 1.54) is 6.26 Å². The van der Waals surface area contributed by atoms with E-state index < -0.39 is 14.6 Å². The zero-order valence-electron chi connectivity index (χ0n) is 11.6. The second kappa shape index (κ2) is 5.84. The Morgan fingerprint density at radius 3 is 2.67 bits per heavy atom. The minimum atomic E-state index is -3.04. The van der Waals surface area contributed by atoms with Crippen molar-refractivity contribution in [2.24, 2.45) is 0 Å². The fourth-order valence-electron chi connectivity index (χ4n) is 1.49. The van der Waals surface area contributed by atoms with Crippen LogP contribution in [0.4, 0.5) is 0 Å². The molecule has 0 aromatic carbocycles. The normalized spacial score (nSPS) is 12.9. The summed E-state index contributed by atoms with van der Waals surface area (Å²) in [7, 11) is -3.04. The van der Waals surface area contributed by atoms with Crippen LogP contribution in [-0.2, 0) is 22.9 Å². The van der Waals surface area contributed by atoms with Gasteiger partial charge in [0.25, 0.3) is 0 Å². The summed E-state index contributed by atoms with van der Waals surface area (Å²) in [5.74, 6) is 0. The Labute approximate surface area is 109 Å². The summed E-state index contributed by atoms with van der Waals surface area (Å²) < 4.78 is 24.2. The van der Waals surface area contributed by atoms with Crippen molar-refractivity contribution < 1.29 is 8.42 Å². The third kappa shape index (κ3) is 4.10. The maximum atomic E-state index is 11.5. The molecule has 0 saturated carbocycles. The predicted molar refractivity (Wildman–Crippen MR) is 73.1 cm³/mol. The summed E-state index contributed by atoms with van der Waals surface area (Å²) in [6.07, 6.45) is 6.13. The van der Waals surface area contributed by atoms with Gasteiger partial charge < -0.3 is 5.32 Å². The van der Waals surface area contributed by atoms with Gasteiger partial charge in [-0.25, -0.2) is 8.42 Å². The molecule has 0 aliphatic rings. The third-order valence-corrected chi connectivity index (χ3v) is 5.17. The smallest absolute Gasteiger partial charge is 0.153 e. The molecule has 1 rings (SSSR count). The van der Waals surface area contributed by atoms with Crippen LogP contribution in [0, 0.1) is 0 Å². The summed E-state index contributed by atoms with van der Waals surface area (Å²) in [4.78, 5) is 0. The Morgan fingerprint density at radius 2 is 2.11 bits per heavy atom.